The molecule has 0 aromatic carbocycles. The van der Waals surface area contributed by atoms with Crippen LogP contribution in [-0.2, 0) is 16.1 Å². The Kier molecular flexibility index (Phi) is 4.52. The molecule has 1 atom stereocenters. The third-order valence-corrected chi connectivity index (χ3v) is 4.74. The minimum Gasteiger partial charge on any atom is -0.347 e. The van der Waals surface area contributed by atoms with Gasteiger partial charge in [0.1, 0.15) is 6.04 Å². The Balaban J connectivity index is 1.68. The van der Waals surface area contributed by atoms with Gasteiger partial charge in [-0.05, 0) is 37.4 Å². The molecule has 2 amide bonds. The molecule has 1 saturated carbocycles. The number of likely N-dealkylation sites (tertiary alicyclic amines) is 1. The van der Waals surface area contributed by atoms with Crippen LogP contribution in [0.15, 0.2) is 0 Å². The Bertz CT molecular complexity index is 661. The monoisotopic (exact) mass is 337 g/mol. The van der Waals surface area contributed by atoms with E-state index in [-0.39, 0.29) is 17.7 Å². The molecular weight excluding hydrogens is 314 g/mol. The van der Waals surface area contributed by atoms with Crippen molar-refractivity contribution >= 4 is 24.0 Å². The molecule has 1 aromatic heterocycles. The summed E-state index contributed by atoms with van der Waals surface area (Å²) in [6, 6.07) is -0.00417. The van der Waals surface area contributed by atoms with E-state index in [0.29, 0.717) is 30.3 Å². The molecular formula is C15H23N5O2S. The van der Waals surface area contributed by atoms with Crippen LogP contribution in [0.25, 0.3) is 0 Å². The van der Waals surface area contributed by atoms with Crippen LogP contribution in [0.3, 0.4) is 0 Å². The quantitative estimate of drug-likeness (QED) is 0.771. The first-order valence-electron chi connectivity index (χ1n) is 8.22. The number of hydrogen-bond donors (Lipinski definition) is 2. The summed E-state index contributed by atoms with van der Waals surface area (Å²) in [4.78, 5) is 26.3. The molecule has 1 aromatic rings. The van der Waals surface area contributed by atoms with Crippen molar-refractivity contribution in [3.8, 4) is 0 Å². The van der Waals surface area contributed by atoms with Crippen molar-refractivity contribution in [3.63, 3.8) is 0 Å². The average Bonchev–Trinajstić information content (AvgIpc) is 3.14. The van der Waals surface area contributed by atoms with Crippen molar-refractivity contribution in [1.82, 2.24) is 25.0 Å². The summed E-state index contributed by atoms with van der Waals surface area (Å²) in [5.41, 5.74) is 0. The van der Waals surface area contributed by atoms with Crippen LogP contribution >= 0.6 is 12.2 Å². The zero-order valence-electron chi connectivity index (χ0n) is 13.5. The Morgan fingerprint density at radius 1 is 1.48 bits per heavy atom. The molecule has 7 nitrogen and oxygen atoms in total. The normalized spacial score (nSPS) is 19.4. The smallest absolute Gasteiger partial charge is 0.243 e. The third-order valence-electron chi connectivity index (χ3n) is 4.46. The van der Waals surface area contributed by atoms with Crippen molar-refractivity contribution in [2.24, 2.45) is 5.92 Å². The van der Waals surface area contributed by atoms with Crippen LogP contribution in [0.4, 0.5) is 0 Å². The Morgan fingerprint density at radius 2 is 2.22 bits per heavy atom. The second-order valence-corrected chi connectivity index (χ2v) is 7.03. The van der Waals surface area contributed by atoms with E-state index in [1.165, 1.54) is 0 Å². The Morgan fingerprint density at radius 3 is 2.78 bits per heavy atom. The zero-order chi connectivity index (χ0) is 16.6. The fraction of sp³-hybridized carbons (Fsp3) is 0.733. The molecule has 0 spiro atoms. The molecule has 8 heteroatoms. The lowest BCUT2D eigenvalue weighted by Gasteiger charge is -2.29. The van der Waals surface area contributed by atoms with Crippen molar-refractivity contribution in [3.05, 3.63) is 10.6 Å². The molecule has 126 valence electrons. The van der Waals surface area contributed by atoms with E-state index in [9.17, 15) is 9.59 Å². The van der Waals surface area contributed by atoms with Crippen molar-refractivity contribution in [1.29, 1.82) is 0 Å². The first kappa shape index (κ1) is 16.2. The average molecular weight is 337 g/mol. The number of carbonyl (C=O) groups excluding carboxylic acids is 2. The van der Waals surface area contributed by atoms with Gasteiger partial charge >= 0.3 is 0 Å². The maximum atomic E-state index is 12.6. The van der Waals surface area contributed by atoms with Crippen LogP contribution in [-0.4, -0.2) is 44.1 Å². The number of aromatic nitrogens is 3. The molecule has 2 N–H and O–H groups in total. The summed E-state index contributed by atoms with van der Waals surface area (Å²) in [5, 5.41) is 9.94. The maximum Gasteiger partial charge on any atom is 0.243 e. The minimum atomic E-state index is -0.415. The molecule has 2 fully saturated rings. The molecule has 1 aliphatic heterocycles. The summed E-state index contributed by atoms with van der Waals surface area (Å²) in [6.07, 6.45) is 3.57. The molecule has 1 aliphatic carbocycles. The third kappa shape index (κ3) is 3.31. The van der Waals surface area contributed by atoms with Gasteiger partial charge in [-0.25, -0.2) is 0 Å². The van der Waals surface area contributed by atoms with Gasteiger partial charge in [0.2, 0.25) is 11.8 Å². The van der Waals surface area contributed by atoms with Gasteiger partial charge in [-0.2, -0.15) is 5.10 Å². The number of rotatable bonds is 6. The first-order valence-corrected chi connectivity index (χ1v) is 8.63. The summed E-state index contributed by atoms with van der Waals surface area (Å²) >= 11 is 5.24. The number of H-pyrrole nitrogens is 1. The lowest BCUT2D eigenvalue weighted by Crippen LogP contribution is -2.50. The van der Waals surface area contributed by atoms with E-state index in [0.717, 1.165) is 25.1 Å². The minimum absolute atomic E-state index is 0.0690. The molecule has 2 heterocycles. The van der Waals surface area contributed by atoms with Crippen LogP contribution in [0.2, 0.25) is 0 Å². The maximum absolute atomic E-state index is 12.6. The molecule has 23 heavy (non-hydrogen) atoms. The van der Waals surface area contributed by atoms with E-state index < -0.39 is 6.04 Å². The van der Waals surface area contributed by atoms with Crippen LogP contribution < -0.4 is 5.32 Å². The van der Waals surface area contributed by atoms with Crippen molar-refractivity contribution < 1.29 is 9.59 Å². The van der Waals surface area contributed by atoms with Gasteiger partial charge < -0.3 is 10.2 Å². The molecule has 2 aliphatic rings. The van der Waals surface area contributed by atoms with E-state index in [1.807, 2.05) is 18.4 Å². The standard InChI is InChI=1S/C15H23N5O2S/c1-9(2)13(19-7-3-4-12(19)21)14(22)16-8-11-17-18-15(23)20(11)10-5-6-10/h9-10,13H,3-8H2,1-2H3,(H,16,22)(H,18,23). The van der Waals surface area contributed by atoms with Gasteiger partial charge in [0.05, 0.1) is 6.54 Å². The Labute approximate surface area is 140 Å². The molecule has 0 radical (unpaired) electrons. The van der Waals surface area contributed by atoms with E-state index in [4.69, 9.17) is 12.2 Å². The number of nitrogens with one attached hydrogen (secondary N) is 2. The fourth-order valence-electron chi connectivity index (χ4n) is 3.21. The van der Waals surface area contributed by atoms with Gasteiger partial charge in [-0.1, -0.05) is 13.8 Å². The lowest BCUT2D eigenvalue weighted by atomic mass is 10.0. The highest BCUT2D eigenvalue weighted by Crippen LogP contribution is 2.35. The van der Waals surface area contributed by atoms with Crippen LogP contribution in [0, 0.1) is 10.7 Å². The van der Waals surface area contributed by atoms with Gasteiger partial charge in [0, 0.05) is 19.0 Å². The summed E-state index contributed by atoms with van der Waals surface area (Å²) in [7, 11) is 0. The van der Waals surface area contributed by atoms with Crippen LogP contribution in [0.1, 0.15) is 51.4 Å². The first-order chi connectivity index (χ1) is 11.0. The molecule has 0 bridgehead atoms. The van der Waals surface area contributed by atoms with Gasteiger partial charge in [-0.3, -0.25) is 19.3 Å². The molecule has 3 rings (SSSR count). The number of carbonyl (C=O) groups is 2. The second kappa shape index (κ2) is 6.43. The van der Waals surface area contributed by atoms with E-state index >= 15 is 0 Å². The predicted molar refractivity (Wildman–Crippen MR) is 87.1 cm³/mol. The molecule has 1 saturated heterocycles. The SMILES string of the molecule is CC(C)C(C(=O)NCc1n[nH]c(=S)n1C1CC1)N1CCCC1=O. The number of nitrogens with zero attached hydrogens (tertiary/aromatic N) is 3. The topological polar surface area (TPSA) is 83.0 Å². The van der Waals surface area contributed by atoms with Gasteiger partial charge in [-0.15, -0.1) is 0 Å². The van der Waals surface area contributed by atoms with Crippen LogP contribution in [0.5, 0.6) is 0 Å². The summed E-state index contributed by atoms with van der Waals surface area (Å²) < 4.78 is 2.59. The lowest BCUT2D eigenvalue weighted by molar-refractivity contribution is -0.139. The van der Waals surface area contributed by atoms with Gasteiger partial charge in [0.15, 0.2) is 10.6 Å². The van der Waals surface area contributed by atoms with Gasteiger partial charge in [0.25, 0.3) is 0 Å². The van der Waals surface area contributed by atoms with Crippen molar-refractivity contribution in [2.45, 2.75) is 58.2 Å². The summed E-state index contributed by atoms with van der Waals surface area (Å²) in [5.74, 6) is 0.772. The van der Waals surface area contributed by atoms with E-state index in [2.05, 4.69) is 15.5 Å². The largest absolute Gasteiger partial charge is 0.347 e. The number of aromatic amines is 1. The Hall–Kier alpha value is -1.70. The summed E-state index contributed by atoms with van der Waals surface area (Å²) in [6.45, 7) is 4.93. The highest BCUT2D eigenvalue weighted by Gasteiger charge is 2.35. The second-order valence-electron chi connectivity index (χ2n) is 6.64. The predicted octanol–water partition coefficient (Wildman–Crippen LogP) is 1.54. The number of hydrogen-bond acceptors (Lipinski definition) is 4. The molecule has 1 unspecified atom stereocenters. The number of amides is 2. The fourth-order valence-corrected chi connectivity index (χ4v) is 3.51. The van der Waals surface area contributed by atoms with Crippen molar-refractivity contribution in [2.75, 3.05) is 6.54 Å². The zero-order valence-corrected chi connectivity index (χ0v) is 14.4. The highest BCUT2D eigenvalue weighted by molar-refractivity contribution is 7.71. The van der Waals surface area contributed by atoms with E-state index in [1.54, 1.807) is 4.90 Å². The highest BCUT2D eigenvalue weighted by atomic mass is 32.1.